The predicted molar refractivity (Wildman–Crippen MR) is 79.0 cm³/mol. The lowest BCUT2D eigenvalue weighted by Crippen LogP contribution is -2.51. The van der Waals surface area contributed by atoms with E-state index in [-0.39, 0.29) is 12.6 Å². The van der Waals surface area contributed by atoms with Crippen LogP contribution in [0.15, 0.2) is 34.9 Å². The Labute approximate surface area is 122 Å². The van der Waals surface area contributed by atoms with Crippen molar-refractivity contribution >= 4 is 34.2 Å². The van der Waals surface area contributed by atoms with Gasteiger partial charge in [0, 0.05) is 16.8 Å². The zero-order chi connectivity index (χ0) is 14.0. The average Bonchev–Trinajstić information content (AvgIpc) is 2.86. The van der Waals surface area contributed by atoms with Crippen molar-refractivity contribution in [3.05, 3.63) is 36.1 Å². The third kappa shape index (κ3) is 2.48. The maximum Gasteiger partial charge on any atom is 0.133 e. The summed E-state index contributed by atoms with van der Waals surface area (Å²) >= 11 is 12.4. The molecule has 3 nitrogen and oxygen atoms in total. The van der Waals surface area contributed by atoms with E-state index in [1.54, 1.807) is 13.3 Å². The fourth-order valence-corrected chi connectivity index (χ4v) is 2.92. The average molecular weight is 302 g/mol. The topological polar surface area (TPSA) is 45.4 Å². The van der Waals surface area contributed by atoms with Gasteiger partial charge in [0.2, 0.25) is 0 Å². The van der Waals surface area contributed by atoms with Gasteiger partial charge >= 0.3 is 0 Å². The van der Waals surface area contributed by atoms with Crippen LogP contribution in [0.1, 0.15) is 12.5 Å². The molecule has 0 fully saturated rings. The van der Waals surface area contributed by atoms with Gasteiger partial charge in [-0.25, -0.2) is 0 Å². The molecule has 2 unspecified atom stereocenters. The number of hydrogen-bond donors (Lipinski definition) is 2. The van der Waals surface area contributed by atoms with Crippen LogP contribution in [0.3, 0.4) is 0 Å². The van der Waals surface area contributed by atoms with Crippen LogP contribution in [-0.4, -0.2) is 29.6 Å². The van der Waals surface area contributed by atoms with Crippen molar-refractivity contribution in [2.45, 2.75) is 23.2 Å². The number of fused-ring (bicyclic) bond motifs is 1. The van der Waals surface area contributed by atoms with Crippen molar-refractivity contribution in [1.29, 1.82) is 0 Å². The van der Waals surface area contributed by atoms with E-state index in [4.69, 9.17) is 27.6 Å². The third-order valence-electron chi connectivity index (χ3n) is 3.78. The summed E-state index contributed by atoms with van der Waals surface area (Å²) in [5.41, 5.74) is 1.18. The first kappa shape index (κ1) is 14.7. The minimum atomic E-state index is -0.651. The summed E-state index contributed by atoms with van der Waals surface area (Å²) < 4.78 is 5.33. The fraction of sp³-hybridized carbons (Fsp3) is 0.429. The van der Waals surface area contributed by atoms with E-state index < -0.39 is 10.3 Å². The lowest BCUT2D eigenvalue weighted by Gasteiger charge is -2.38. The van der Waals surface area contributed by atoms with Crippen molar-refractivity contribution in [3.63, 3.8) is 0 Å². The Hall–Kier alpha value is -0.740. The van der Waals surface area contributed by atoms with Gasteiger partial charge in [-0.2, -0.15) is 0 Å². The molecule has 0 aliphatic rings. The number of alkyl halides is 2. The molecule has 1 aromatic carbocycles. The minimum absolute atomic E-state index is 0.0492. The van der Waals surface area contributed by atoms with Gasteiger partial charge in [-0.05, 0) is 30.8 Å². The van der Waals surface area contributed by atoms with Crippen LogP contribution < -0.4 is 5.32 Å². The van der Waals surface area contributed by atoms with Crippen molar-refractivity contribution < 1.29 is 9.52 Å². The van der Waals surface area contributed by atoms with Gasteiger partial charge in [0.15, 0.2) is 0 Å². The van der Waals surface area contributed by atoms with Gasteiger partial charge in [0.25, 0.3) is 0 Å². The molecule has 0 amide bonds. The van der Waals surface area contributed by atoms with Crippen LogP contribution >= 0.6 is 23.2 Å². The number of furan rings is 1. The number of nitrogens with one attached hydrogen (secondary N) is 1. The number of benzene rings is 1. The molecule has 1 aromatic heterocycles. The molecule has 0 saturated carbocycles. The molecular formula is C14H17Cl2NO2. The highest BCUT2D eigenvalue weighted by Gasteiger charge is 2.40. The van der Waals surface area contributed by atoms with E-state index in [2.05, 4.69) is 5.32 Å². The molecule has 2 N–H and O–H groups in total. The van der Waals surface area contributed by atoms with Gasteiger partial charge < -0.3 is 14.8 Å². The summed E-state index contributed by atoms with van der Waals surface area (Å²) in [5.74, 6) is 0. The van der Waals surface area contributed by atoms with Gasteiger partial charge in [-0.15, -0.1) is 23.2 Å². The van der Waals surface area contributed by atoms with Crippen LogP contribution in [-0.2, 0) is 5.41 Å². The first-order valence-electron chi connectivity index (χ1n) is 6.08. The number of rotatable bonds is 5. The number of aliphatic hydroxyl groups is 1. The first-order valence-corrected chi connectivity index (χ1v) is 6.95. The minimum Gasteiger partial charge on any atom is -0.464 e. The van der Waals surface area contributed by atoms with E-state index in [9.17, 15) is 5.11 Å². The Morgan fingerprint density at radius 1 is 1.37 bits per heavy atom. The second-order valence-electron chi connectivity index (χ2n) is 4.78. The van der Waals surface area contributed by atoms with E-state index in [1.165, 1.54) is 0 Å². The quantitative estimate of drug-likeness (QED) is 0.834. The lowest BCUT2D eigenvalue weighted by atomic mass is 9.77. The smallest absolute Gasteiger partial charge is 0.133 e. The number of aliphatic hydroxyl groups excluding tert-OH is 1. The van der Waals surface area contributed by atoms with Crippen molar-refractivity contribution in [2.75, 3.05) is 13.7 Å². The van der Waals surface area contributed by atoms with Crippen molar-refractivity contribution in [2.24, 2.45) is 0 Å². The number of halogens is 2. The summed E-state index contributed by atoms with van der Waals surface area (Å²) in [6.07, 6.45) is 1.65. The molecule has 0 spiro atoms. The van der Waals surface area contributed by atoms with E-state index in [0.29, 0.717) is 0 Å². The molecule has 2 aromatic rings. The lowest BCUT2D eigenvalue weighted by molar-refractivity contribution is 0.195. The Morgan fingerprint density at radius 3 is 2.68 bits per heavy atom. The van der Waals surface area contributed by atoms with Gasteiger partial charge in [0.1, 0.15) is 10.4 Å². The molecule has 104 valence electrons. The highest BCUT2D eigenvalue weighted by Crippen LogP contribution is 2.38. The first-order chi connectivity index (χ1) is 9.03. The maximum absolute atomic E-state index is 9.55. The molecular weight excluding hydrogens is 285 g/mol. The summed E-state index contributed by atoms with van der Waals surface area (Å²) in [4.78, 5) is -0.651. The monoisotopic (exact) mass is 301 g/mol. The van der Waals surface area contributed by atoms with Crippen LogP contribution in [0.2, 0.25) is 0 Å². The van der Waals surface area contributed by atoms with Gasteiger partial charge in [-0.1, -0.05) is 13.0 Å². The summed E-state index contributed by atoms with van der Waals surface area (Å²) in [5, 5.41) is 13.6. The second-order valence-corrected chi connectivity index (χ2v) is 5.88. The molecule has 2 rings (SSSR count). The Balaban J connectivity index is 2.53. The molecule has 19 heavy (non-hydrogen) atoms. The predicted octanol–water partition coefficient (Wildman–Crippen LogP) is 3.07. The third-order valence-corrected chi connectivity index (χ3v) is 4.69. The normalized spacial score (nSPS) is 16.7. The SMILES string of the molecule is CNC(CO)C(C)(c1ccc2occc2c1)C(Cl)Cl. The molecule has 0 aliphatic heterocycles. The summed E-state index contributed by atoms with van der Waals surface area (Å²) in [7, 11) is 1.78. The zero-order valence-corrected chi connectivity index (χ0v) is 12.4. The van der Waals surface area contributed by atoms with Crippen LogP contribution in [0.4, 0.5) is 0 Å². The summed E-state index contributed by atoms with van der Waals surface area (Å²) in [6.45, 7) is 1.89. The highest BCUT2D eigenvalue weighted by atomic mass is 35.5. The maximum atomic E-state index is 9.55. The summed E-state index contributed by atoms with van der Waals surface area (Å²) in [6, 6.07) is 7.48. The molecule has 1 heterocycles. The van der Waals surface area contributed by atoms with Crippen molar-refractivity contribution in [3.8, 4) is 0 Å². The highest BCUT2D eigenvalue weighted by molar-refractivity contribution is 6.45. The van der Waals surface area contributed by atoms with E-state index in [0.717, 1.165) is 16.5 Å². The molecule has 0 radical (unpaired) electrons. The molecule has 0 bridgehead atoms. The standard InChI is InChI=1S/C14H17Cl2NO2/c1-14(13(15)16,12(8-18)17-2)10-3-4-11-9(7-10)5-6-19-11/h3-7,12-13,17-18H,8H2,1-2H3. The molecule has 0 saturated heterocycles. The largest absolute Gasteiger partial charge is 0.464 e. The molecule has 5 heteroatoms. The van der Waals surface area contributed by atoms with Crippen molar-refractivity contribution in [1.82, 2.24) is 5.32 Å². The zero-order valence-electron chi connectivity index (χ0n) is 10.9. The fourth-order valence-electron chi connectivity index (χ4n) is 2.36. The van der Waals surface area contributed by atoms with E-state index >= 15 is 0 Å². The van der Waals surface area contributed by atoms with Crippen LogP contribution in [0, 0.1) is 0 Å². The van der Waals surface area contributed by atoms with Gasteiger partial charge in [0.05, 0.1) is 12.9 Å². The number of hydrogen-bond acceptors (Lipinski definition) is 3. The van der Waals surface area contributed by atoms with Gasteiger partial charge in [-0.3, -0.25) is 0 Å². The Morgan fingerprint density at radius 2 is 2.11 bits per heavy atom. The van der Waals surface area contributed by atoms with Crippen LogP contribution in [0.25, 0.3) is 11.0 Å². The van der Waals surface area contributed by atoms with Crippen LogP contribution in [0.5, 0.6) is 0 Å². The Bertz CT molecular complexity index is 551. The second kappa shape index (κ2) is 5.71. The van der Waals surface area contributed by atoms with E-state index in [1.807, 2.05) is 31.2 Å². The molecule has 2 atom stereocenters. The number of likely N-dealkylation sites (N-methyl/N-ethyl adjacent to an activating group) is 1. The molecule has 0 aliphatic carbocycles. The Kier molecular flexibility index (Phi) is 4.41.